The number of halogens is 1. The Labute approximate surface area is 172 Å². The molecule has 0 aliphatic carbocycles. The highest BCUT2D eigenvalue weighted by molar-refractivity contribution is 6.33. The van der Waals surface area contributed by atoms with E-state index in [1.165, 1.54) is 23.1 Å². The van der Waals surface area contributed by atoms with Crippen LogP contribution in [-0.2, 0) is 4.79 Å². The Bertz CT molecular complexity index is 1200. The predicted molar refractivity (Wildman–Crippen MR) is 113 cm³/mol. The first-order valence-electron chi connectivity index (χ1n) is 9.24. The van der Waals surface area contributed by atoms with Gasteiger partial charge in [-0.2, -0.15) is 0 Å². The third-order valence-corrected chi connectivity index (χ3v) is 4.73. The maximum Gasteiger partial charge on any atom is 0.335 e. The first-order valence-corrected chi connectivity index (χ1v) is 9.24. The average Bonchev–Trinajstić information content (AvgIpc) is 3.05. The zero-order valence-corrected chi connectivity index (χ0v) is 16.0. The minimum atomic E-state index is -1.03. The minimum absolute atomic E-state index is 0.136. The molecule has 0 unspecified atom stereocenters. The van der Waals surface area contributed by atoms with E-state index in [9.17, 15) is 14.0 Å². The van der Waals surface area contributed by atoms with Crippen LogP contribution in [0.25, 0.3) is 6.08 Å². The lowest BCUT2D eigenvalue weighted by Crippen LogP contribution is -2.33. The highest BCUT2D eigenvalue weighted by Gasteiger charge is 2.33. The number of hydrogen-bond donors (Lipinski definition) is 1. The number of carbonyl (C=O) groups excluding carboxylic acids is 1. The fourth-order valence-corrected chi connectivity index (χ4v) is 3.15. The molecule has 30 heavy (non-hydrogen) atoms. The maximum atomic E-state index is 14.5. The molecule has 0 spiro atoms. The number of carboxylic acids is 1. The number of aliphatic imine (C=N–C) groups is 1. The standard InChI is InChI=1S/C24H17FN2O3/c1-15-6-12-18(13-7-15)27-22(19-4-2-3-5-20(19)25)26-21(23(27)28)14-16-8-10-17(11-9-16)24(29)30/h2-14H,1H3,(H,29,30)/b21-14+. The van der Waals surface area contributed by atoms with Crippen LogP contribution in [0.3, 0.4) is 0 Å². The predicted octanol–water partition coefficient (Wildman–Crippen LogP) is 4.67. The Morgan fingerprint density at radius 1 is 1.00 bits per heavy atom. The van der Waals surface area contributed by atoms with Gasteiger partial charge in [-0.05, 0) is 55.0 Å². The number of nitrogens with zero attached hydrogens (tertiary/aromatic N) is 2. The quantitative estimate of drug-likeness (QED) is 0.647. The molecule has 0 radical (unpaired) electrons. The van der Waals surface area contributed by atoms with E-state index in [4.69, 9.17) is 5.11 Å². The van der Waals surface area contributed by atoms with Gasteiger partial charge in [-0.1, -0.05) is 42.0 Å². The second-order valence-electron chi connectivity index (χ2n) is 6.85. The first kappa shape index (κ1) is 19.3. The van der Waals surface area contributed by atoms with Crippen molar-refractivity contribution in [1.29, 1.82) is 0 Å². The summed E-state index contributed by atoms with van der Waals surface area (Å²) in [4.78, 5) is 30.0. The lowest BCUT2D eigenvalue weighted by Gasteiger charge is -2.19. The lowest BCUT2D eigenvalue weighted by atomic mass is 10.1. The van der Waals surface area contributed by atoms with Crippen LogP contribution < -0.4 is 4.90 Å². The molecule has 1 amide bonds. The van der Waals surface area contributed by atoms with Crippen LogP contribution in [0, 0.1) is 12.7 Å². The normalized spacial score (nSPS) is 14.9. The van der Waals surface area contributed by atoms with E-state index in [1.54, 1.807) is 48.5 Å². The molecule has 148 valence electrons. The molecule has 5 nitrogen and oxygen atoms in total. The Balaban J connectivity index is 1.80. The third-order valence-electron chi connectivity index (χ3n) is 4.73. The summed E-state index contributed by atoms with van der Waals surface area (Å²) in [6, 6.07) is 19.6. The number of amidine groups is 1. The number of benzene rings is 3. The third kappa shape index (κ3) is 3.63. The summed E-state index contributed by atoms with van der Waals surface area (Å²) in [5.41, 5.74) is 2.73. The van der Waals surface area contributed by atoms with Gasteiger partial charge in [0.2, 0.25) is 0 Å². The second-order valence-corrected chi connectivity index (χ2v) is 6.85. The fourth-order valence-electron chi connectivity index (χ4n) is 3.15. The van der Waals surface area contributed by atoms with Gasteiger partial charge in [0.25, 0.3) is 5.91 Å². The van der Waals surface area contributed by atoms with Crippen LogP contribution in [0.4, 0.5) is 10.1 Å². The number of hydrogen-bond acceptors (Lipinski definition) is 3. The summed E-state index contributed by atoms with van der Waals surface area (Å²) in [5, 5.41) is 9.04. The zero-order chi connectivity index (χ0) is 21.3. The van der Waals surface area contributed by atoms with Crippen LogP contribution in [-0.4, -0.2) is 22.8 Å². The molecule has 4 rings (SSSR count). The van der Waals surface area contributed by atoms with Crippen molar-refractivity contribution in [1.82, 2.24) is 0 Å². The van der Waals surface area contributed by atoms with Gasteiger partial charge in [0.05, 0.1) is 16.8 Å². The van der Waals surface area contributed by atoms with Crippen LogP contribution in [0.15, 0.2) is 83.5 Å². The SMILES string of the molecule is Cc1ccc(N2C(=O)/C(=C\c3ccc(C(=O)O)cc3)N=C2c2ccccc2F)cc1. The number of anilines is 1. The molecule has 0 atom stereocenters. The van der Waals surface area contributed by atoms with Gasteiger partial charge >= 0.3 is 5.97 Å². The molecule has 0 bridgehead atoms. The van der Waals surface area contributed by atoms with Crippen molar-refractivity contribution in [2.75, 3.05) is 4.90 Å². The van der Waals surface area contributed by atoms with Crippen molar-refractivity contribution in [2.45, 2.75) is 6.92 Å². The molecule has 0 fully saturated rings. The summed E-state index contributed by atoms with van der Waals surface area (Å²) >= 11 is 0. The molecule has 0 saturated heterocycles. The molecule has 1 aliphatic heterocycles. The van der Waals surface area contributed by atoms with Gasteiger partial charge in [-0.15, -0.1) is 0 Å². The Morgan fingerprint density at radius 3 is 2.30 bits per heavy atom. The van der Waals surface area contributed by atoms with E-state index < -0.39 is 11.8 Å². The highest BCUT2D eigenvalue weighted by atomic mass is 19.1. The van der Waals surface area contributed by atoms with E-state index in [0.717, 1.165) is 5.56 Å². The van der Waals surface area contributed by atoms with Gasteiger partial charge < -0.3 is 5.11 Å². The van der Waals surface area contributed by atoms with Crippen molar-refractivity contribution < 1.29 is 19.1 Å². The number of carboxylic acid groups (broad SMARTS) is 1. The molecule has 3 aromatic rings. The van der Waals surface area contributed by atoms with Gasteiger partial charge in [-0.3, -0.25) is 9.69 Å². The number of aromatic carboxylic acids is 1. The molecular weight excluding hydrogens is 383 g/mol. The van der Waals surface area contributed by atoms with E-state index in [1.807, 2.05) is 19.1 Å². The van der Waals surface area contributed by atoms with Crippen molar-refractivity contribution in [2.24, 2.45) is 4.99 Å². The minimum Gasteiger partial charge on any atom is -0.478 e. The monoisotopic (exact) mass is 400 g/mol. The van der Waals surface area contributed by atoms with Crippen molar-refractivity contribution >= 4 is 29.5 Å². The first-order chi connectivity index (χ1) is 14.4. The second kappa shape index (κ2) is 7.75. The topological polar surface area (TPSA) is 70.0 Å². The van der Waals surface area contributed by atoms with Gasteiger partial charge in [-0.25, -0.2) is 14.2 Å². The van der Waals surface area contributed by atoms with Crippen LogP contribution in [0.2, 0.25) is 0 Å². The molecule has 1 heterocycles. The molecule has 1 aliphatic rings. The smallest absolute Gasteiger partial charge is 0.335 e. The molecule has 6 heteroatoms. The molecule has 3 aromatic carbocycles. The van der Waals surface area contributed by atoms with Crippen LogP contribution >= 0.6 is 0 Å². The number of aryl methyl sites for hydroxylation is 1. The Kier molecular flexibility index (Phi) is 4.98. The van der Waals surface area contributed by atoms with Gasteiger partial charge in [0.15, 0.2) is 5.84 Å². The van der Waals surface area contributed by atoms with E-state index in [0.29, 0.717) is 11.3 Å². The average molecular weight is 400 g/mol. The van der Waals surface area contributed by atoms with Crippen LogP contribution in [0.1, 0.15) is 27.0 Å². The Hall–Kier alpha value is -4.06. The van der Waals surface area contributed by atoms with Crippen molar-refractivity contribution in [3.05, 3.63) is 107 Å². The summed E-state index contributed by atoms with van der Waals surface area (Å²) in [6.45, 7) is 1.94. The van der Waals surface area contributed by atoms with Crippen LogP contribution in [0.5, 0.6) is 0 Å². The largest absolute Gasteiger partial charge is 0.478 e. The molecule has 1 N–H and O–H groups in total. The summed E-state index contributed by atoms with van der Waals surface area (Å²) in [6.07, 6.45) is 1.56. The molecular formula is C24H17FN2O3. The van der Waals surface area contributed by atoms with E-state index in [-0.39, 0.29) is 28.6 Å². The highest BCUT2D eigenvalue weighted by Crippen LogP contribution is 2.29. The zero-order valence-electron chi connectivity index (χ0n) is 16.0. The summed E-state index contributed by atoms with van der Waals surface area (Å²) in [5.74, 6) is -1.69. The van der Waals surface area contributed by atoms with Crippen molar-refractivity contribution in [3.63, 3.8) is 0 Å². The number of amides is 1. The van der Waals surface area contributed by atoms with E-state index >= 15 is 0 Å². The molecule has 0 aromatic heterocycles. The molecule has 0 saturated carbocycles. The van der Waals surface area contributed by atoms with Crippen molar-refractivity contribution in [3.8, 4) is 0 Å². The maximum absolute atomic E-state index is 14.5. The van der Waals surface area contributed by atoms with Gasteiger partial charge in [0.1, 0.15) is 11.5 Å². The van der Waals surface area contributed by atoms with Gasteiger partial charge in [0, 0.05) is 0 Å². The number of carbonyl (C=O) groups is 2. The number of rotatable bonds is 4. The Morgan fingerprint density at radius 2 is 1.67 bits per heavy atom. The fraction of sp³-hybridized carbons (Fsp3) is 0.0417. The van der Waals surface area contributed by atoms with E-state index in [2.05, 4.69) is 4.99 Å². The summed E-state index contributed by atoms with van der Waals surface area (Å²) in [7, 11) is 0. The summed E-state index contributed by atoms with van der Waals surface area (Å²) < 4.78 is 14.5. The lowest BCUT2D eigenvalue weighted by molar-refractivity contribution is -0.113.